The molecule has 0 bridgehead atoms. The Bertz CT molecular complexity index is 4410. The molecule has 0 fully saturated rings. The molecule has 374 valence electrons. The third-order valence-electron chi connectivity index (χ3n) is 14.6. The van der Waals surface area contributed by atoms with Crippen molar-refractivity contribution in [1.82, 2.24) is 0 Å². The van der Waals surface area contributed by atoms with Gasteiger partial charge < -0.3 is 9.80 Å². The highest BCUT2D eigenvalue weighted by Crippen LogP contribution is 2.51. The van der Waals surface area contributed by atoms with Gasteiger partial charge in [-0.1, -0.05) is 170 Å². The summed E-state index contributed by atoms with van der Waals surface area (Å²) in [4.78, 5) is 3.09. The van der Waals surface area contributed by atoms with Crippen LogP contribution in [0.4, 0.5) is 60.5 Å². The van der Waals surface area contributed by atoms with Crippen molar-refractivity contribution in [2.24, 2.45) is 0 Å². The predicted molar refractivity (Wildman–Crippen MR) is 306 cm³/mol. The van der Waals surface area contributed by atoms with Crippen molar-refractivity contribution < 1.29 is 26.3 Å². The van der Waals surface area contributed by atoms with Gasteiger partial charge in [-0.05, 0) is 151 Å². The van der Waals surface area contributed by atoms with Gasteiger partial charge in [-0.2, -0.15) is 0 Å². The Labute approximate surface area is 445 Å². The molecule has 0 aliphatic rings. The van der Waals surface area contributed by atoms with E-state index in [1.165, 1.54) is 59.5 Å². The van der Waals surface area contributed by atoms with Gasteiger partial charge in [0.2, 0.25) is 0 Å². The van der Waals surface area contributed by atoms with E-state index < -0.39 is 34.9 Å². The Morgan fingerprint density at radius 3 is 0.962 bits per heavy atom. The molecule has 0 saturated heterocycles. The molecule has 0 aliphatic heterocycles. The van der Waals surface area contributed by atoms with E-state index >= 15 is 26.3 Å². The van der Waals surface area contributed by atoms with E-state index in [9.17, 15) is 0 Å². The highest BCUT2D eigenvalue weighted by molar-refractivity contribution is 6.29. The molecular weight excluding hydrogens is 983 g/mol. The van der Waals surface area contributed by atoms with Crippen LogP contribution in [0.2, 0.25) is 0 Å². The molecule has 0 amide bonds. The summed E-state index contributed by atoms with van der Waals surface area (Å²) in [6, 6.07) is 72.6. The average molecular weight is 1030 g/mol. The van der Waals surface area contributed by atoms with Crippen LogP contribution in [0, 0.1) is 34.9 Å². The molecule has 0 aromatic heterocycles. The molecule has 13 rings (SSSR count). The van der Waals surface area contributed by atoms with Gasteiger partial charge in [-0.15, -0.1) is 0 Å². The highest BCUT2D eigenvalue weighted by Gasteiger charge is 2.29. The van der Waals surface area contributed by atoms with E-state index in [2.05, 4.69) is 0 Å². The Morgan fingerprint density at radius 2 is 0.538 bits per heavy atom. The van der Waals surface area contributed by atoms with Crippen LogP contribution < -0.4 is 9.80 Å². The fourth-order valence-corrected chi connectivity index (χ4v) is 10.9. The zero-order chi connectivity index (χ0) is 53.0. The Balaban J connectivity index is 1.04. The zero-order valence-corrected chi connectivity index (χ0v) is 41.4. The van der Waals surface area contributed by atoms with Gasteiger partial charge >= 0.3 is 0 Å². The van der Waals surface area contributed by atoms with Crippen LogP contribution >= 0.6 is 0 Å². The molecule has 8 heteroatoms. The second-order valence-electron chi connectivity index (χ2n) is 19.2. The van der Waals surface area contributed by atoms with Gasteiger partial charge in [0.1, 0.15) is 34.9 Å². The van der Waals surface area contributed by atoms with Crippen LogP contribution in [0.25, 0.3) is 88.0 Å². The maximum absolute atomic E-state index is 17.2. The minimum Gasteiger partial charge on any atom is -0.304 e. The smallest absolute Gasteiger partial charge is 0.147 e. The normalized spacial score (nSPS) is 11.5. The average Bonchev–Trinajstić information content (AvgIpc) is 3.58. The maximum Gasteiger partial charge on any atom is 0.147 e. The number of halogens is 6. The Morgan fingerprint density at radius 1 is 0.205 bits per heavy atom. The number of nitrogens with zero attached hydrogens (tertiary/aromatic N) is 2. The number of para-hydroxylation sites is 1. The van der Waals surface area contributed by atoms with Crippen molar-refractivity contribution >= 4 is 66.4 Å². The van der Waals surface area contributed by atoms with Crippen LogP contribution in [0.5, 0.6) is 0 Å². The van der Waals surface area contributed by atoms with Crippen LogP contribution in [0.1, 0.15) is 0 Å². The van der Waals surface area contributed by atoms with E-state index in [0.717, 1.165) is 38.6 Å². The number of benzene rings is 13. The van der Waals surface area contributed by atoms with Gasteiger partial charge in [0.15, 0.2) is 0 Å². The SMILES string of the molecule is Fc1ccc(-c2ccccc2)cc1-c1ccc(F)c(N(c2ccccc2F)c2cc3cccc4c(N(c5cc(-c6ccccc6)ccc5F)c5cc(-c6cc(-c7ccccc7)ccc6F)ccc5F)cc5cccc2c5c34)c1. The van der Waals surface area contributed by atoms with Crippen molar-refractivity contribution in [2.45, 2.75) is 0 Å². The van der Waals surface area contributed by atoms with Crippen LogP contribution in [-0.2, 0) is 0 Å². The minimum absolute atomic E-state index is 0.0290. The summed E-state index contributed by atoms with van der Waals surface area (Å²) in [5, 5.41) is 3.96. The summed E-state index contributed by atoms with van der Waals surface area (Å²) in [6.45, 7) is 0. The highest BCUT2D eigenvalue weighted by atomic mass is 19.1. The second-order valence-corrected chi connectivity index (χ2v) is 19.2. The first-order valence-electron chi connectivity index (χ1n) is 25.4. The van der Waals surface area contributed by atoms with Gasteiger partial charge in [0.25, 0.3) is 0 Å². The molecule has 0 radical (unpaired) electrons. The summed E-state index contributed by atoms with van der Waals surface area (Å²) in [7, 11) is 0. The molecular formula is C70H42F6N2. The van der Waals surface area contributed by atoms with Crippen LogP contribution in [0.3, 0.4) is 0 Å². The molecule has 0 unspecified atom stereocenters. The molecule has 0 N–H and O–H groups in total. The van der Waals surface area contributed by atoms with Crippen LogP contribution in [0.15, 0.2) is 255 Å². The summed E-state index contributed by atoms with van der Waals surface area (Å²) in [5.74, 6) is -3.67. The zero-order valence-electron chi connectivity index (χ0n) is 41.4. The summed E-state index contributed by atoms with van der Waals surface area (Å²) in [5.41, 5.74) is 6.79. The number of hydrogen-bond acceptors (Lipinski definition) is 2. The maximum atomic E-state index is 17.2. The topological polar surface area (TPSA) is 6.48 Å². The van der Waals surface area contributed by atoms with E-state index in [0.29, 0.717) is 49.6 Å². The largest absolute Gasteiger partial charge is 0.304 e. The third-order valence-corrected chi connectivity index (χ3v) is 14.6. The molecule has 0 aliphatic carbocycles. The first-order chi connectivity index (χ1) is 38.2. The molecule has 78 heavy (non-hydrogen) atoms. The lowest BCUT2D eigenvalue weighted by atomic mass is 9.90. The molecule has 13 aromatic rings. The van der Waals surface area contributed by atoms with E-state index in [4.69, 9.17) is 0 Å². The Hall–Kier alpha value is -9.92. The number of rotatable bonds is 11. The molecule has 2 nitrogen and oxygen atoms in total. The fourth-order valence-electron chi connectivity index (χ4n) is 10.9. The van der Waals surface area contributed by atoms with Gasteiger partial charge in [0.05, 0.1) is 34.1 Å². The van der Waals surface area contributed by atoms with Crippen molar-refractivity contribution in [3.8, 4) is 55.6 Å². The monoisotopic (exact) mass is 1020 g/mol. The lowest BCUT2D eigenvalue weighted by Crippen LogP contribution is -2.15. The molecule has 0 heterocycles. The Kier molecular flexibility index (Phi) is 12.0. The van der Waals surface area contributed by atoms with Crippen molar-refractivity contribution in [3.05, 3.63) is 290 Å². The number of anilines is 6. The van der Waals surface area contributed by atoms with E-state index in [-0.39, 0.29) is 33.9 Å². The van der Waals surface area contributed by atoms with Crippen LogP contribution in [-0.4, -0.2) is 0 Å². The second kappa shape index (κ2) is 19.7. The molecule has 13 aromatic carbocycles. The summed E-state index contributed by atoms with van der Waals surface area (Å²) in [6.07, 6.45) is 0. The lowest BCUT2D eigenvalue weighted by molar-refractivity contribution is 0.618. The lowest BCUT2D eigenvalue weighted by Gasteiger charge is -2.31. The standard InChI is InChI=1S/C70H42F6N2/c71-57-31-26-46(43-14-4-1-5-15-43)36-55(57)49-29-34-61(75)67(39-49)77(63-25-11-10-24-59(63)73)64-41-51-20-13-23-54-65(42-52-21-12-22-53(64)69(52)70(51)54)78(66-38-48(28-33-60(66)74)45-18-8-3-9-19-45)68-40-50(30-35-62(68)76)56-37-47(27-32-58(56)72)44-16-6-2-7-17-44/h1-42H. The minimum atomic E-state index is -0.688. The van der Waals surface area contributed by atoms with Crippen molar-refractivity contribution in [1.29, 1.82) is 0 Å². The van der Waals surface area contributed by atoms with Gasteiger partial charge in [-0.3, -0.25) is 0 Å². The molecule has 0 spiro atoms. The molecule has 0 saturated carbocycles. The predicted octanol–water partition coefficient (Wildman–Crippen LogP) is 20.7. The quantitative estimate of drug-likeness (QED) is 0.0941. The van der Waals surface area contributed by atoms with Gasteiger partial charge in [0, 0.05) is 21.9 Å². The number of hydrogen-bond donors (Lipinski definition) is 0. The summed E-state index contributed by atoms with van der Waals surface area (Å²) < 4.78 is 99.9. The summed E-state index contributed by atoms with van der Waals surface area (Å²) >= 11 is 0. The van der Waals surface area contributed by atoms with E-state index in [1.54, 1.807) is 65.6 Å². The van der Waals surface area contributed by atoms with Gasteiger partial charge in [-0.25, -0.2) is 26.3 Å². The fraction of sp³-hybridized carbons (Fsp3) is 0. The molecule has 0 atom stereocenters. The van der Waals surface area contributed by atoms with E-state index in [1.807, 2.05) is 140 Å². The van der Waals surface area contributed by atoms with Crippen molar-refractivity contribution in [3.63, 3.8) is 0 Å². The third kappa shape index (κ3) is 8.44. The first kappa shape index (κ1) is 47.8. The van der Waals surface area contributed by atoms with Crippen molar-refractivity contribution in [2.75, 3.05) is 9.80 Å². The first-order valence-corrected chi connectivity index (χ1v) is 25.4.